The van der Waals surface area contributed by atoms with E-state index in [9.17, 15) is 4.79 Å². The topological polar surface area (TPSA) is 56.8 Å². The van der Waals surface area contributed by atoms with Gasteiger partial charge in [0.15, 0.2) is 0 Å². The Morgan fingerprint density at radius 2 is 1.86 bits per heavy atom. The van der Waals surface area contributed by atoms with Gasteiger partial charge in [0.2, 0.25) is 0 Å². The summed E-state index contributed by atoms with van der Waals surface area (Å²) in [7, 11) is 0. The van der Waals surface area contributed by atoms with Crippen LogP contribution in [0.3, 0.4) is 0 Å². The maximum atomic E-state index is 11.5. The lowest BCUT2D eigenvalue weighted by Gasteiger charge is -2.18. The number of ether oxygens (including phenoxy) is 3. The second-order valence-corrected chi connectivity index (χ2v) is 4.58. The van der Waals surface area contributed by atoms with Gasteiger partial charge in [0, 0.05) is 12.1 Å². The van der Waals surface area contributed by atoms with Crippen LogP contribution in [0.5, 0.6) is 11.5 Å². The van der Waals surface area contributed by atoms with E-state index in [2.05, 4.69) is 5.32 Å². The summed E-state index contributed by atoms with van der Waals surface area (Å²) in [5.74, 6) is 1.31. The molecule has 0 amide bonds. The zero-order valence-electron chi connectivity index (χ0n) is 13.3. The second-order valence-electron chi connectivity index (χ2n) is 4.58. The molecule has 0 aromatic heterocycles. The van der Waals surface area contributed by atoms with Gasteiger partial charge in [-0.2, -0.15) is 0 Å². The number of nitrogens with one attached hydrogen (secondary N) is 1. The third kappa shape index (κ3) is 5.94. The Kier molecular flexibility index (Phi) is 7.43. The Balaban J connectivity index is 2.77. The van der Waals surface area contributed by atoms with Gasteiger partial charge in [0.25, 0.3) is 0 Å². The van der Waals surface area contributed by atoms with Gasteiger partial charge in [0.05, 0.1) is 31.9 Å². The van der Waals surface area contributed by atoms with Crippen LogP contribution in [0.4, 0.5) is 5.69 Å². The minimum atomic E-state index is -0.212. The molecule has 0 fully saturated rings. The number of esters is 1. The van der Waals surface area contributed by atoms with E-state index in [1.165, 1.54) is 0 Å². The number of anilines is 1. The highest BCUT2D eigenvalue weighted by atomic mass is 16.5. The number of hydrogen-bond acceptors (Lipinski definition) is 5. The smallest absolute Gasteiger partial charge is 0.307 e. The molecule has 1 N–H and O–H groups in total. The molecular formula is C16H25NO4. The van der Waals surface area contributed by atoms with Crippen molar-refractivity contribution in [1.29, 1.82) is 0 Å². The fourth-order valence-electron chi connectivity index (χ4n) is 1.95. The molecule has 118 valence electrons. The third-order valence-corrected chi connectivity index (χ3v) is 2.74. The molecule has 0 spiro atoms. The van der Waals surface area contributed by atoms with Crippen molar-refractivity contribution in [2.24, 2.45) is 0 Å². The Hall–Kier alpha value is -1.91. The Morgan fingerprint density at radius 1 is 1.14 bits per heavy atom. The molecule has 5 heteroatoms. The zero-order chi connectivity index (χ0) is 15.7. The Labute approximate surface area is 126 Å². The molecule has 0 aliphatic heterocycles. The summed E-state index contributed by atoms with van der Waals surface area (Å²) in [4.78, 5) is 11.5. The Morgan fingerprint density at radius 3 is 2.48 bits per heavy atom. The summed E-state index contributed by atoms with van der Waals surface area (Å²) in [5, 5.41) is 3.28. The van der Waals surface area contributed by atoms with Crippen molar-refractivity contribution in [3.63, 3.8) is 0 Å². The number of carbonyl (C=O) groups is 1. The summed E-state index contributed by atoms with van der Waals surface area (Å²) in [6, 6.07) is 5.57. The maximum absolute atomic E-state index is 11.5. The predicted octanol–water partition coefficient (Wildman–Crippen LogP) is 3.24. The molecular weight excluding hydrogens is 270 g/mol. The van der Waals surface area contributed by atoms with Crippen LogP contribution in [0, 0.1) is 0 Å². The van der Waals surface area contributed by atoms with Crippen molar-refractivity contribution < 1.29 is 19.0 Å². The van der Waals surface area contributed by atoms with Crippen molar-refractivity contribution in [2.75, 3.05) is 25.1 Å². The van der Waals surface area contributed by atoms with Crippen molar-refractivity contribution in [2.45, 2.75) is 40.2 Å². The number of rotatable bonds is 9. The van der Waals surface area contributed by atoms with Crippen molar-refractivity contribution in [3.8, 4) is 11.5 Å². The minimum Gasteiger partial charge on any atom is -0.494 e. The van der Waals surface area contributed by atoms with Gasteiger partial charge in [-0.15, -0.1) is 0 Å². The summed E-state index contributed by atoms with van der Waals surface area (Å²) >= 11 is 0. The predicted molar refractivity (Wildman–Crippen MR) is 83.1 cm³/mol. The highest BCUT2D eigenvalue weighted by Crippen LogP contribution is 2.30. The number of benzene rings is 1. The summed E-state index contributed by atoms with van der Waals surface area (Å²) in [6.45, 7) is 9.18. The quantitative estimate of drug-likeness (QED) is 0.709. The lowest BCUT2D eigenvalue weighted by Crippen LogP contribution is -2.21. The number of carbonyl (C=O) groups excluding carboxylic acids is 1. The van der Waals surface area contributed by atoms with Crippen LogP contribution in [-0.2, 0) is 9.53 Å². The average Bonchev–Trinajstić information content (AvgIpc) is 2.42. The van der Waals surface area contributed by atoms with E-state index in [0.29, 0.717) is 26.2 Å². The first-order valence-corrected chi connectivity index (χ1v) is 7.42. The van der Waals surface area contributed by atoms with E-state index < -0.39 is 0 Å². The second kappa shape index (κ2) is 9.10. The first-order chi connectivity index (χ1) is 10.1. The standard InChI is InChI=1S/C16H25NO4/c1-5-19-13-8-9-15(20-6-2)14(11-13)17-12(4)10-16(18)21-7-3/h8-9,11-12,17H,5-7,10H2,1-4H3. The molecule has 0 heterocycles. The van der Waals surface area contributed by atoms with E-state index in [4.69, 9.17) is 14.2 Å². The van der Waals surface area contributed by atoms with Gasteiger partial charge >= 0.3 is 5.97 Å². The molecule has 1 aromatic carbocycles. The highest BCUT2D eigenvalue weighted by molar-refractivity contribution is 5.71. The third-order valence-electron chi connectivity index (χ3n) is 2.74. The number of hydrogen-bond donors (Lipinski definition) is 1. The van der Waals surface area contributed by atoms with Gasteiger partial charge in [0.1, 0.15) is 11.5 Å². The monoisotopic (exact) mass is 295 g/mol. The SMILES string of the molecule is CCOC(=O)CC(C)Nc1cc(OCC)ccc1OCC. The Bertz CT molecular complexity index is 448. The molecule has 0 radical (unpaired) electrons. The van der Waals surface area contributed by atoms with E-state index in [1.807, 2.05) is 39.0 Å². The van der Waals surface area contributed by atoms with Crippen molar-refractivity contribution in [1.82, 2.24) is 0 Å². The van der Waals surface area contributed by atoms with Gasteiger partial charge < -0.3 is 19.5 Å². The van der Waals surface area contributed by atoms with Gasteiger partial charge in [-0.3, -0.25) is 4.79 Å². The zero-order valence-corrected chi connectivity index (χ0v) is 13.3. The van der Waals surface area contributed by atoms with Crippen LogP contribution in [0.1, 0.15) is 34.1 Å². The molecule has 0 aliphatic rings. The van der Waals surface area contributed by atoms with Crippen molar-refractivity contribution in [3.05, 3.63) is 18.2 Å². The lowest BCUT2D eigenvalue weighted by molar-refractivity contribution is -0.143. The molecule has 0 aliphatic carbocycles. The van der Waals surface area contributed by atoms with Crippen LogP contribution >= 0.6 is 0 Å². The first-order valence-electron chi connectivity index (χ1n) is 7.42. The molecule has 21 heavy (non-hydrogen) atoms. The molecule has 1 rings (SSSR count). The van der Waals surface area contributed by atoms with E-state index in [1.54, 1.807) is 6.92 Å². The van der Waals surface area contributed by atoms with Crippen LogP contribution in [-0.4, -0.2) is 31.8 Å². The lowest BCUT2D eigenvalue weighted by atomic mass is 10.2. The maximum Gasteiger partial charge on any atom is 0.307 e. The van der Waals surface area contributed by atoms with E-state index in [-0.39, 0.29) is 12.0 Å². The van der Waals surface area contributed by atoms with Crippen molar-refractivity contribution >= 4 is 11.7 Å². The highest BCUT2D eigenvalue weighted by Gasteiger charge is 2.13. The molecule has 0 saturated carbocycles. The van der Waals surface area contributed by atoms with Crippen LogP contribution in [0.25, 0.3) is 0 Å². The minimum absolute atomic E-state index is 0.0554. The average molecular weight is 295 g/mol. The summed E-state index contributed by atoms with van der Waals surface area (Å²) in [5.41, 5.74) is 0.819. The fraction of sp³-hybridized carbons (Fsp3) is 0.562. The van der Waals surface area contributed by atoms with Gasteiger partial charge in [-0.05, 0) is 39.8 Å². The normalized spacial score (nSPS) is 11.6. The van der Waals surface area contributed by atoms with Gasteiger partial charge in [-0.25, -0.2) is 0 Å². The molecule has 1 aromatic rings. The summed E-state index contributed by atoms with van der Waals surface area (Å²) < 4.78 is 16.0. The molecule has 1 atom stereocenters. The van der Waals surface area contributed by atoms with Crippen LogP contribution in [0.15, 0.2) is 18.2 Å². The van der Waals surface area contributed by atoms with Gasteiger partial charge in [-0.1, -0.05) is 0 Å². The van der Waals surface area contributed by atoms with Crippen LogP contribution in [0.2, 0.25) is 0 Å². The molecule has 0 bridgehead atoms. The molecule has 0 saturated heterocycles. The van der Waals surface area contributed by atoms with Crippen LogP contribution < -0.4 is 14.8 Å². The largest absolute Gasteiger partial charge is 0.494 e. The summed E-state index contributed by atoms with van der Waals surface area (Å²) in [6.07, 6.45) is 0.304. The fourth-order valence-corrected chi connectivity index (χ4v) is 1.95. The van der Waals surface area contributed by atoms with E-state index >= 15 is 0 Å². The molecule has 5 nitrogen and oxygen atoms in total. The molecule has 1 unspecified atom stereocenters. The first kappa shape index (κ1) is 17.1. The van der Waals surface area contributed by atoms with E-state index in [0.717, 1.165) is 17.2 Å².